The number of aliphatic hydroxyl groups excluding tert-OH is 2. The second kappa shape index (κ2) is 14.5. The molecule has 5 saturated carbocycles. The fraction of sp³-hybridized carbons (Fsp3) is 0.943. The van der Waals surface area contributed by atoms with Gasteiger partial charge in [0.25, 0.3) is 0 Å². The Labute approximate surface area is 281 Å². The monoisotopic (exact) mass is 668 g/mol. The van der Waals surface area contributed by atoms with Crippen molar-refractivity contribution < 1.29 is 29.4 Å². The molecule has 0 radical (unpaired) electrons. The molecule has 7 unspecified atom stereocenters. The Kier molecular flexibility index (Phi) is 11.4. The van der Waals surface area contributed by atoms with E-state index in [2.05, 4.69) is 50.4 Å². The molecule has 264 valence electrons. The number of rotatable bonds is 10. The Morgan fingerprint density at radius 1 is 1.13 bits per heavy atom. The van der Waals surface area contributed by atoms with Gasteiger partial charge in [-0.05, 0) is 101 Å². The van der Waals surface area contributed by atoms with Crippen LogP contribution in [0.25, 0.3) is 0 Å². The smallest absolute Gasteiger partial charge is 0.240 e. The normalized spacial score (nSPS) is 44.8. The number of nitrogens with zero attached hydrogens (tertiary/aromatic N) is 2. The van der Waals surface area contributed by atoms with Gasteiger partial charge in [-0.2, -0.15) is 5.06 Å². The average Bonchev–Trinajstić information content (AvgIpc) is 3.40. The van der Waals surface area contributed by atoms with Crippen LogP contribution >= 0.6 is 11.6 Å². The Morgan fingerprint density at radius 2 is 1.85 bits per heavy atom. The molecule has 1 heterocycles. The fourth-order valence-electron chi connectivity index (χ4n) is 10.6. The van der Waals surface area contributed by atoms with Gasteiger partial charge in [-0.1, -0.05) is 20.8 Å². The molecule has 4 N–H and O–H groups in total. The Morgan fingerprint density at radius 3 is 2.41 bits per heavy atom. The highest BCUT2D eigenvalue weighted by molar-refractivity contribution is 6.20. The van der Waals surface area contributed by atoms with Crippen molar-refractivity contribution in [3.05, 3.63) is 0 Å². The van der Waals surface area contributed by atoms with Gasteiger partial charge in [-0.25, -0.2) is 0 Å². The number of fused-ring (bicyclic) bond motifs is 2. The highest BCUT2D eigenvalue weighted by Crippen LogP contribution is 2.61. The molecule has 10 nitrogen and oxygen atoms in total. The molecule has 6 aliphatic rings. The molecule has 2 amide bonds. The summed E-state index contributed by atoms with van der Waals surface area (Å²) >= 11 is 7.10. The minimum Gasteiger partial charge on any atom is -0.394 e. The van der Waals surface area contributed by atoms with E-state index in [0.29, 0.717) is 35.8 Å². The van der Waals surface area contributed by atoms with Crippen molar-refractivity contribution in [2.75, 3.05) is 41.4 Å². The van der Waals surface area contributed by atoms with Crippen LogP contribution in [0.4, 0.5) is 0 Å². The molecular weight excluding hydrogens is 608 g/mol. The number of hydrogen-bond acceptors (Lipinski definition) is 8. The van der Waals surface area contributed by atoms with Crippen LogP contribution in [0.5, 0.6) is 0 Å². The second-order valence-corrected chi connectivity index (χ2v) is 16.8. The SMILES string of the molecule is CNC(=O)C1CC(C2CCC(Cl)C(CN3O[C@@H](CO)[C@@H]([C@H](C)O)[C@H]3C(=O)N[C@H]3C[C@H]4C[C@@H]([C@@H]3C)C4(C)C)C2OC)CC(N(C)C)C1. The number of carbonyl (C=O) groups excluding carboxylic acids is 2. The van der Waals surface area contributed by atoms with Gasteiger partial charge in [0.15, 0.2) is 0 Å². The van der Waals surface area contributed by atoms with Gasteiger partial charge in [0, 0.05) is 55.9 Å². The first-order chi connectivity index (χ1) is 21.7. The lowest BCUT2D eigenvalue weighted by Crippen LogP contribution is -2.62. The second-order valence-electron chi connectivity index (χ2n) is 16.3. The van der Waals surface area contributed by atoms with Gasteiger partial charge in [0.2, 0.25) is 11.8 Å². The Hall–Kier alpha value is -1.01. The van der Waals surface area contributed by atoms with E-state index in [1.54, 1.807) is 26.1 Å². The predicted octanol–water partition coefficient (Wildman–Crippen LogP) is 2.89. The number of alkyl halides is 1. The number of hydrogen-bond donors (Lipinski definition) is 4. The fourth-order valence-corrected chi connectivity index (χ4v) is 10.9. The van der Waals surface area contributed by atoms with Crippen molar-refractivity contribution >= 4 is 23.4 Å². The van der Waals surface area contributed by atoms with E-state index < -0.39 is 24.2 Å². The molecule has 1 aliphatic heterocycles. The van der Waals surface area contributed by atoms with Crippen LogP contribution in [0.2, 0.25) is 0 Å². The average molecular weight is 669 g/mol. The first kappa shape index (κ1) is 36.3. The molecule has 15 atom stereocenters. The van der Waals surface area contributed by atoms with Crippen LogP contribution in [0.3, 0.4) is 0 Å². The number of carbonyl (C=O) groups is 2. The molecular formula is C35H61ClN4O6. The predicted molar refractivity (Wildman–Crippen MR) is 178 cm³/mol. The molecule has 0 spiro atoms. The molecule has 0 aromatic carbocycles. The molecule has 0 aromatic rings. The highest BCUT2D eigenvalue weighted by atomic mass is 35.5. The zero-order valence-electron chi connectivity index (χ0n) is 29.3. The number of hydroxylamine groups is 2. The minimum absolute atomic E-state index is 0.0493. The summed E-state index contributed by atoms with van der Waals surface area (Å²) in [4.78, 5) is 35.6. The molecule has 6 fully saturated rings. The minimum atomic E-state index is -0.856. The zero-order chi connectivity index (χ0) is 33.7. The number of ether oxygens (including phenoxy) is 1. The van der Waals surface area contributed by atoms with E-state index in [0.717, 1.165) is 38.5 Å². The van der Waals surface area contributed by atoms with Crippen molar-refractivity contribution in [1.29, 1.82) is 0 Å². The summed E-state index contributed by atoms with van der Waals surface area (Å²) in [5.41, 5.74) is 0.306. The molecule has 1 saturated heterocycles. The zero-order valence-corrected chi connectivity index (χ0v) is 30.1. The quantitative estimate of drug-likeness (QED) is 0.262. The Balaban J connectivity index is 1.36. The maximum Gasteiger partial charge on any atom is 0.240 e. The van der Waals surface area contributed by atoms with Crippen LogP contribution < -0.4 is 10.6 Å². The molecule has 5 aliphatic carbocycles. The number of aliphatic hydroxyl groups is 2. The number of nitrogens with one attached hydrogen (secondary N) is 2. The van der Waals surface area contributed by atoms with Crippen molar-refractivity contribution in [3.63, 3.8) is 0 Å². The topological polar surface area (TPSA) is 124 Å². The molecule has 2 bridgehead atoms. The van der Waals surface area contributed by atoms with E-state index in [4.69, 9.17) is 21.2 Å². The maximum atomic E-state index is 14.2. The standard InChI is InChI=1S/C35H61ClN4O6/c1-18-26-14-22(35(26,3)4)15-28(18)38-34(44)31-30(19(2)42)29(17-41)46-40(31)16-25-27(36)10-9-24(32(25)45-8)20-11-21(33(43)37-5)13-23(12-20)39(6)7/h18-32,41-42H,9-17H2,1-8H3,(H,37,43)(H,38,44)/t18-,19-,20?,21?,22+,23?,24?,25?,26-,27?,28-,29-,30+,31-,32?/m0/s1. The number of amides is 2. The summed E-state index contributed by atoms with van der Waals surface area (Å²) in [5, 5.41) is 29.0. The van der Waals surface area contributed by atoms with Crippen molar-refractivity contribution in [2.45, 2.75) is 114 Å². The van der Waals surface area contributed by atoms with Crippen LogP contribution in [-0.2, 0) is 19.2 Å². The lowest BCUT2D eigenvalue weighted by Gasteiger charge is -2.62. The number of methoxy groups -OCH3 is 1. The molecule has 6 rings (SSSR count). The van der Waals surface area contributed by atoms with Crippen LogP contribution in [0.1, 0.15) is 72.6 Å². The van der Waals surface area contributed by atoms with Gasteiger partial charge in [0.1, 0.15) is 12.1 Å². The van der Waals surface area contributed by atoms with Crippen LogP contribution in [-0.4, -0.2) is 115 Å². The van der Waals surface area contributed by atoms with Gasteiger partial charge in [0.05, 0.1) is 18.8 Å². The maximum absolute atomic E-state index is 14.2. The lowest BCUT2D eigenvalue weighted by atomic mass is 9.45. The van der Waals surface area contributed by atoms with E-state index >= 15 is 0 Å². The summed E-state index contributed by atoms with van der Waals surface area (Å²) in [7, 11) is 7.63. The van der Waals surface area contributed by atoms with E-state index in [1.165, 1.54) is 6.42 Å². The van der Waals surface area contributed by atoms with Crippen molar-refractivity contribution in [3.8, 4) is 0 Å². The van der Waals surface area contributed by atoms with Gasteiger partial charge < -0.3 is 30.5 Å². The van der Waals surface area contributed by atoms with Crippen molar-refractivity contribution in [2.24, 2.45) is 52.8 Å². The first-order valence-electron chi connectivity index (χ1n) is 17.8. The first-order valence-corrected chi connectivity index (χ1v) is 18.2. The van der Waals surface area contributed by atoms with Gasteiger partial charge in [-0.15, -0.1) is 11.6 Å². The molecule has 0 aromatic heterocycles. The summed E-state index contributed by atoms with van der Waals surface area (Å²) < 4.78 is 6.28. The molecule has 11 heteroatoms. The summed E-state index contributed by atoms with van der Waals surface area (Å²) in [6.45, 7) is 8.68. The third-order valence-electron chi connectivity index (χ3n) is 13.5. The largest absolute Gasteiger partial charge is 0.394 e. The summed E-state index contributed by atoms with van der Waals surface area (Å²) in [6.07, 6.45) is 4.79. The highest BCUT2D eigenvalue weighted by Gasteiger charge is 2.58. The summed E-state index contributed by atoms with van der Waals surface area (Å²) in [5.74, 6) is 1.20. The summed E-state index contributed by atoms with van der Waals surface area (Å²) in [6, 6.07) is -0.385. The van der Waals surface area contributed by atoms with Crippen LogP contribution in [0.15, 0.2) is 0 Å². The number of halogens is 1. The lowest BCUT2D eigenvalue weighted by molar-refractivity contribution is -0.193. The van der Waals surface area contributed by atoms with E-state index in [-0.39, 0.29) is 59.6 Å². The van der Waals surface area contributed by atoms with Crippen LogP contribution in [0, 0.1) is 52.8 Å². The van der Waals surface area contributed by atoms with Crippen molar-refractivity contribution in [1.82, 2.24) is 20.6 Å². The van der Waals surface area contributed by atoms with Gasteiger partial charge >= 0.3 is 0 Å². The molecule has 46 heavy (non-hydrogen) atoms. The van der Waals surface area contributed by atoms with E-state index in [1.807, 2.05) is 0 Å². The van der Waals surface area contributed by atoms with E-state index in [9.17, 15) is 19.8 Å². The third kappa shape index (κ3) is 6.75. The Bertz CT molecular complexity index is 1080. The third-order valence-corrected chi connectivity index (χ3v) is 14.0. The van der Waals surface area contributed by atoms with Gasteiger partial charge in [-0.3, -0.25) is 14.4 Å².